The molecule has 2 aromatic rings. The molecule has 0 amide bonds. The van der Waals surface area contributed by atoms with Gasteiger partial charge in [0.2, 0.25) is 0 Å². The van der Waals surface area contributed by atoms with Gasteiger partial charge in [0.1, 0.15) is 12.2 Å². The Morgan fingerprint density at radius 3 is 1.21 bits per heavy atom. The minimum atomic E-state index is -0.505. The molecule has 0 heterocycles. The molecular weight excluding hydrogens is 502 g/mol. The van der Waals surface area contributed by atoms with E-state index in [2.05, 4.69) is 0 Å². The number of benzene rings is 2. The second-order valence-corrected chi connectivity index (χ2v) is 10.6. The van der Waals surface area contributed by atoms with Gasteiger partial charge in [-0.15, -0.1) is 0 Å². The van der Waals surface area contributed by atoms with E-state index in [1.807, 2.05) is 65.8 Å². The van der Waals surface area contributed by atoms with Gasteiger partial charge in [0.25, 0.3) is 0 Å². The molecule has 8 heteroatoms. The Balaban J connectivity index is 2.39. The van der Waals surface area contributed by atoms with Crippen LogP contribution in [-0.2, 0) is 5.41 Å². The molecule has 0 saturated heterocycles. The zero-order valence-corrected chi connectivity index (χ0v) is 23.0. The number of halogens is 4. The van der Waals surface area contributed by atoms with Gasteiger partial charge in [-0.1, -0.05) is 74.1 Å². The molecule has 0 radical (unpaired) electrons. The highest BCUT2D eigenvalue weighted by Gasteiger charge is 2.29. The third-order valence-electron chi connectivity index (χ3n) is 6.20. The summed E-state index contributed by atoms with van der Waals surface area (Å²) in [5.74, 6) is 0.852. The lowest BCUT2D eigenvalue weighted by molar-refractivity contribution is 0.187. The molecule has 4 unspecified atom stereocenters. The highest BCUT2D eigenvalue weighted by atomic mass is 35.5. The highest BCUT2D eigenvalue weighted by molar-refractivity contribution is 6.38. The predicted octanol–water partition coefficient (Wildman–Crippen LogP) is 7.64. The molecular formula is C25H34Cl4N2O2. The van der Waals surface area contributed by atoms with Crippen LogP contribution in [-0.4, -0.2) is 24.3 Å². The summed E-state index contributed by atoms with van der Waals surface area (Å²) < 4.78 is 11.9. The maximum atomic E-state index is 6.57. The number of hydrogen-bond donors (Lipinski definition) is 2. The lowest BCUT2D eigenvalue weighted by atomic mass is 9.78. The molecule has 4 atom stereocenters. The standard InChI is InChI=1S/C25H34Cl4N2O2/c1-7-21(30)13(3)32-23-17(26)9-15(10-18(23)27)25(5,6)16-11-19(28)24(20(29)12-16)33-14(4)22(31)8-2/h9-14,21-22H,7-8,30-31H2,1-6H3. The van der Waals surface area contributed by atoms with E-state index in [4.69, 9.17) is 67.3 Å². The maximum Gasteiger partial charge on any atom is 0.156 e. The van der Waals surface area contributed by atoms with E-state index in [1.54, 1.807) is 0 Å². The van der Waals surface area contributed by atoms with Gasteiger partial charge in [0, 0.05) is 17.5 Å². The second-order valence-electron chi connectivity index (χ2n) is 8.95. The van der Waals surface area contributed by atoms with Crippen LogP contribution in [0.2, 0.25) is 20.1 Å². The van der Waals surface area contributed by atoms with Crippen molar-refractivity contribution in [3.8, 4) is 11.5 Å². The Kier molecular flexibility index (Phi) is 10.1. The van der Waals surface area contributed by atoms with Gasteiger partial charge in [-0.25, -0.2) is 0 Å². The van der Waals surface area contributed by atoms with Crippen molar-refractivity contribution in [1.29, 1.82) is 0 Å². The van der Waals surface area contributed by atoms with Gasteiger partial charge >= 0.3 is 0 Å². The molecule has 0 bridgehead atoms. The molecule has 0 aliphatic carbocycles. The van der Waals surface area contributed by atoms with Crippen LogP contribution in [0.4, 0.5) is 0 Å². The van der Waals surface area contributed by atoms with Gasteiger partial charge < -0.3 is 20.9 Å². The van der Waals surface area contributed by atoms with Crippen molar-refractivity contribution in [1.82, 2.24) is 0 Å². The first-order valence-corrected chi connectivity index (χ1v) is 12.7. The monoisotopic (exact) mass is 534 g/mol. The summed E-state index contributed by atoms with van der Waals surface area (Å²) >= 11 is 26.3. The Morgan fingerprint density at radius 1 is 0.697 bits per heavy atom. The molecule has 33 heavy (non-hydrogen) atoms. The number of rotatable bonds is 10. The SMILES string of the molecule is CCC(N)C(C)Oc1c(Cl)cc(C(C)(C)c2cc(Cl)c(OC(C)C(N)CC)c(Cl)c2)cc1Cl. The van der Waals surface area contributed by atoms with Crippen molar-refractivity contribution in [3.05, 3.63) is 55.5 Å². The molecule has 0 spiro atoms. The Hall–Kier alpha value is -0.880. The van der Waals surface area contributed by atoms with Crippen molar-refractivity contribution in [2.45, 2.75) is 84.1 Å². The van der Waals surface area contributed by atoms with E-state index >= 15 is 0 Å². The Labute approximate surface area is 217 Å². The minimum absolute atomic E-state index is 0.118. The summed E-state index contributed by atoms with van der Waals surface area (Å²) in [6.07, 6.45) is 1.12. The molecule has 4 N–H and O–H groups in total. The van der Waals surface area contributed by atoms with Crippen LogP contribution in [0.5, 0.6) is 11.5 Å². The van der Waals surface area contributed by atoms with Crippen molar-refractivity contribution >= 4 is 46.4 Å². The molecule has 0 saturated carbocycles. The van der Waals surface area contributed by atoms with Crippen LogP contribution in [0.3, 0.4) is 0 Å². The van der Waals surface area contributed by atoms with Crippen LogP contribution >= 0.6 is 46.4 Å². The number of nitrogens with two attached hydrogens (primary N) is 2. The van der Waals surface area contributed by atoms with E-state index in [1.165, 1.54) is 0 Å². The first-order valence-electron chi connectivity index (χ1n) is 11.2. The van der Waals surface area contributed by atoms with E-state index in [0.717, 1.165) is 24.0 Å². The predicted molar refractivity (Wildman–Crippen MR) is 142 cm³/mol. The lowest BCUT2D eigenvalue weighted by Gasteiger charge is -2.29. The molecule has 0 aliphatic rings. The van der Waals surface area contributed by atoms with Gasteiger partial charge in [0.05, 0.1) is 20.1 Å². The molecule has 0 aromatic heterocycles. The highest BCUT2D eigenvalue weighted by Crippen LogP contribution is 2.44. The van der Waals surface area contributed by atoms with E-state index in [0.29, 0.717) is 31.6 Å². The van der Waals surface area contributed by atoms with Gasteiger partial charge in [-0.2, -0.15) is 0 Å². The molecule has 0 fully saturated rings. The second kappa shape index (κ2) is 11.7. The van der Waals surface area contributed by atoms with Gasteiger partial charge in [-0.3, -0.25) is 0 Å². The van der Waals surface area contributed by atoms with Crippen molar-refractivity contribution in [2.24, 2.45) is 11.5 Å². The van der Waals surface area contributed by atoms with Gasteiger partial charge in [-0.05, 0) is 62.1 Å². The quantitative estimate of drug-likeness (QED) is 0.328. The zero-order valence-electron chi connectivity index (χ0n) is 20.0. The van der Waals surface area contributed by atoms with Crippen molar-refractivity contribution in [3.63, 3.8) is 0 Å². The van der Waals surface area contributed by atoms with Gasteiger partial charge in [0.15, 0.2) is 11.5 Å². The Morgan fingerprint density at radius 2 is 0.970 bits per heavy atom. The summed E-state index contributed by atoms with van der Waals surface area (Å²) in [7, 11) is 0. The van der Waals surface area contributed by atoms with Crippen molar-refractivity contribution < 1.29 is 9.47 Å². The van der Waals surface area contributed by atoms with E-state index in [-0.39, 0.29) is 24.3 Å². The number of hydrogen-bond acceptors (Lipinski definition) is 4. The summed E-state index contributed by atoms with van der Waals surface area (Å²) in [5.41, 5.74) is 13.4. The largest absolute Gasteiger partial charge is 0.486 e. The topological polar surface area (TPSA) is 70.5 Å². The minimum Gasteiger partial charge on any atom is -0.486 e. The van der Waals surface area contributed by atoms with E-state index in [9.17, 15) is 0 Å². The fraction of sp³-hybridized carbons (Fsp3) is 0.520. The van der Waals surface area contributed by atoms with Crippen LogP contribution in [0.15, 0.2) is 24.3 Å². The van der Waals surface area contributed by atoms with Crippen LogP contribution < -0.4 is 20.9 Å². The summed E-state index contributed by atoms with van der Waals surface area (Å²) in [4.78, 5) is 0. The first-order chi connectivity index (χ1) is 15.3. The van der Waals surface area contributed by atoms with Crippen LogP contribution in [0, 0.1) is 0 Å². The fourth-order valence-corrected chi connectivity index (χ4v) is 4.60. The lowest BCUT2D eigenvalue weighted by Crippen LogP contribution is -2.36. The van der Waals surface area contributed by atoms with Crippen LogP contribution in [0.1, 0.15) is 65.5 Å². The Bertz CT molecular complexity index is 846. The maximum absolute atomic E-state index is 6.57. The molecule has 184 valence electrons. The fourth-order valence-electron chi connectivity index (χ4n) is 3.44. The molecule has 2 aromatic carbocycles. The third kappa shape index (κ3) is 6.62. The van der Waals surface area contributed by atoms with Crippen molar-refractivity contribution in [2.75, 3.05) is 0 Å². The molecule has 0 aliphatic heterocycles. The average molecular weight is 536 g/mol. The summed E-state index contributed by atoms with van der Waals surface area (Å²) in [6.45, 7) is 11.9. The molecule has 4 nitrogen and oxygen atoms in total. The smallest absolute Gasteiger partial charge is 0.156 e. The zero-order chi connectivity index (χ0) is 25.1. The summed E-state index contributed by atoms with van der Waals surface area (Å²) in [5, 5.41) is 1.67. The average Bonchev–Trinajstić information content (AvgIpc) is 2.76. The molecule has 2 rings (SSSR count). The van der Waals surface area contributed by atoms with E-state index < -0.39 is 5.41 Å². The number of ether oxygens (including phenoxy) is 2. The normalized spacial score (nSPS) is 15.6. The third-order valence-corrected chi connectivity index (χ3v) is 7.32. The summed E-state index contributed by atoms with van der Waals surface area (Å²) in [6, 6.07) is 7.16. The van der Waals surface area contributed by atoms with Crippen LogP contribution in [0.25, 0.3) is 0 Å². The first kappa shape index (κ1) is 28.4.